The standard InChI is InChI=1S/C5H7ClN4/c1-3-4(2)7-8-5(3)9-10-6/h1-2H3,(H,7,8). The first kappa shape index (κ1) is 7.21. The molecule has 0 bridgehead atoms. The lowest BCUT2D eigenvalue weighted by Gasteiger charge is -1.84. The van der Waals surface area contributed by atoms with Crippen LogP contribution < -0.4 is 0 Å². The first-order valence-corrected chi connectivity index (χ1v) is 3.13. The second kappa shape index (κ2) is 2.79. The predicted molar refractivity (Wildman–Crippen MR) is 38.4 cm³/mol. The number of nitrogens with zero attached hydrogens (tertiary/aromatic N) is 3. The van der Waals surface area contributed by atoms with Gasteiger partial charge in [-0.25, -0.2) is 0 Å². The van der Waals surface area contributed by atoms with E-state index in [-0.39, 0.29) is 0 Å². The maximum atomic E-state index is 5.02. The third kappa shape index (κ3) is 1.16. The second-order valence-electron chi connectivity index (χ2n) is 1.97. The molecule has 0 unspecified atom stereocenters. The predicted octanol–water partition coefficient (Wildman–Crippen LogP) is 2.26. The number of rotatable bonds is 1. The van der Waals surface area contributed by atoms with Crippen LogP contribution in [0.15, 0.2) is 9.75 Å². The average molecular weight is 159 g/mol. The molecule has 10 heavy (non-hydrogen) atoms. The van der Waals surface area contributed by atoms with Crippen LogP contribution in [-0.2, 0) is 0 Å². The van der Waals surface area contributed by atoms with E-state index in [1.54, 1.807) is 0 Å². The quantitative estimate of drug-likeness (QED) is 0.627. The first-order valence-electron chi connectivity index (χ1n) is 2.79. The van der Waals surface area contributed by atoms with Crippen LogP contribution >= 0.6 is 11.8 Å². The lowest BCUT2D eigenvalue weighted by atomic mass is 10.3. The Morgan fingerprint density at radius 3 is 2.60 bits per heavy atom. The van der Waals surface area contributed by atoms with Gasteiger partial charge >= 0.3 is 0 Å². The van der Waals surface area contributed by atoms with E-state index in [1.165, 1.54) is 0 Å². The molecule has 1 heterocycles. The Hall–Kier alpha value is -0.900. The fourth-order valence-corrected chi connectivity index (χ4v) is 0.677. The Bertz CT molecular complexity index is 252. The highest BCUT2D eigenvalue weighted by Gasteiger charge is 2.02. The number of aryl methyl sites for hydroxylation is 1. The van der Waals surface area contributed by atoms with Crippen molar-refractivity contribution in [3.8, 4) is 0 Å². The zero-order chi connectivity index (χ0) is 7.56. The minimum atomic E-state index is 0.549. The molecule has 4 nitrogen and oxygen atoms in total. The van der Waals surface area contributed by atoms with E-state index in [0.29, 0.717) is 5.82 Å². The van der Waals surface area contributed by atoms with Gasteiger partial charge in [0.15, 0.2) is 5.82 Å². The molecule has 0 aliphatic carbocycles. The van der Waals surface area contributed by atoms with Gasteiger partial charge in [0.25, 0.3) is 0 Å². The van der Waals surface area contributed by atoms with Crippen LogP contribution in [0, 0.1) is 13.8 Å². The van der Waals surface area contributed by atoms with Crippen molar-refractivity contribution in [3.63, 3.8) is 0 Å². The summed E-state index contributed by atoms with van der Waals surface area (Å²) >= 11 is 5.02. The third-order valence-corrected chi connectivity index (χ3v) is 1.44. The monoisotopic (exact) mass is 158 g/mol. The largest absolute Gasteiger partial charge is 0.280 e. The molecule has 54 valence electrons. The van der Waals surface area contributed by atoms with Gasteiger partial charge in [-0.3, -0.25) is 5.10 Å². The number of H-pyrrole nitrogens is 1. The van der Waals surface area contributed by atoms with E-state index < -0.39 is 0 Å². The number of nitrogens with one attached hydrogen (secondary N) is 1. The molecule has 1 N–H and O–H groups in total. The first-order chi connectivity index (χ1) is 4.75. The molecule has 0 spiro atoms. The summed E-state index contributed by atoms with van der Waals surface area (Å²) < 4.78 is 3.09. The Labute approximate surface area is 63.4 Å². The van der Waals surface area contributed by atoms with Crippen LogP contribution in [-0.4, -0.2) is 10.2 Å². The molecule has 1 aromatic rings. The molecule has 1 rings (SSSR count). The molecule has 0 saturated carbocycles. The van der Waals surface area contributed by atoms with Gasteiger partial charge in [0.2, 0.25) is 0 Å². The molecule has 1 aromatic heterocycles. The van der Waals surface area contributed by atoms with Crippen LogP contribution in [0.4, 0.5) is 5.82 Å². The van der Waals surface area contributed by atoms with E-state index in [0.717, 1.165) is 11.3 Å². The van der Waals surface area contributed by atoms with Crippen molar-refractivity contribution < 1.29 is 0 Å². The topological polar surface area (TPSA) is 53.4 Å². The van der Waals surface area contributed by atoms with Crippen LogP contribution in [0.25, 0.3) is 0 Å². The normalized spacial score (nSPS) is 11.1. The van der Waals surface area contributed by atoms with Crippen molar-refractivity contribution in [2.45, 2.75) is 13.8 Å². The summed E-state index contributed by atoms with van der Waals surface area (Å²) in [5.74, 6) is 0.549. The van der Waals surface area contributed by atoms with Crippen molar-refractivity contribution >= 4 is 17.6 Å². The summed E-state index contributed by atoms with van der Waals surface area (Å²) in [7, 11) is 0. The van der Waals surface area contributed by atoms with Crippen molar-refractivity contribution in [3.05, 3.63) is 11.3 Å². The van der Waals surface area contributed by atoms with E-state index in [9.17, 15) is 0 Å². The van der Waals surface area contributed by atoms with Crippen LogP contribution in [0.3, 0.4) is 0 Å². The lowest BCUT2D eigenvalue weighted by Crippen LogP contribution is -1.71. The molecule has 0 aromatic carbocycles. The Balaban J connectivity index is 3.05. The highest BCUT2D eigenvalue weighted by atomic mass is 35.5. The van der Waals surface area contributed by atoms with Crippen molar-refractivity contribution in [2.24, 2.45) is 9.75 Å². The Kier molecular flexibility index (Phi) is 2.01. The third-order valence-electron chi connectivity index (χ3n) is 1.36. The minimum Gasteiger partial charge on any atom is -0.280 e. The number of halogens is 1. The summed E-state index contributed by atoms with van der Waals surface area (Å²) in [5.41, 5.74) is 1.96. The molecule has 0 atom stereocenters. The number of hydrogen-bond donors (Lipinski definition) is 1. The van der Waals surface area contributed by atoms with Gasteiger partial charge in [-0.1, -0.05) is 4.63 Å². The summed E-state index contributed by atoms with van der Waals surface area (Å²) in [6.45, 7) is 3.81. The second-order valence-corrected chi connectivity index (χ2v) is 2.12. The molecule has 5 heteroatoms. The molecular formula is C5H7ClN4. The van der Waals surface area contributed by atoms with Crippen molar-refractivity contribution in [2.75, 3.05) is 0 Å². The summed E-state index contributed by atoms with van der Waals surface area (Å²) in [6.07, 6.45) is 0. The van der Waals surface area contributed by atoms with E-state index in [1.807, 2.05) is 13.8 Å². The van der Waals surface area contributed by atoms with Crippen molar-refractivity contribution in [1.82, 2.24) is 10.2 Å². The molecule has 0 radical (unpaired) electrons. The molecule has 0 aliphatic rings. The molecule has 0 aliphatic heterocycles. The average Bonchev–Trinajstić information content (AvgIpc) is 2.20. The zero-order valence-electron chi connectivity index (χ0n) is 5.72. The van der Waals surface area contributed by atoms with E-state index in [4.69, 9.17) is 11.8 Å². The van der Waals surface area contributed by atoms with Gasteiger partial charge in [0.1, 0.15) is 0 Å². The van der Waals surface area contributed by atoms with Gasteiger partial charge < -0.3 is 0 Å². The van der Waals surface area contributed by atoms with Gasteiger partial charge in [0, 0.05) is 11.3 Å². The summed E-state index contributed by atoms with van der Waals surface area (Å²) in [6, 6.07) is 0. The Morgan fingerprint density at radius 2 is 2.20 bits per heavy atom. The molecule has 0 amide bonds. The van der Waals surface area contributed by atoms with E-state index in [2.05, 4.69) is 19.9 Å². The lowest BCUT2D eigenvalue weighted by molar-refractivity contribution is 1.03. The highest BCUT2D eigenvalue weighted by molar-refractivity contribution is 6.14. The van der Waals surface area contributed by atoms with Crippen LogP contribution in [0.1, 0.15) is 11.3 Å². The number of aromatic nitrogens is 2. The van der Waals surface area contributed by atoms with Crippen molar-refractivity contribution in [1.29, 1.82) is 0 Å². The zero-order valence-corrected chi connectivity index (χ0v) is 6.48. The van der Waals surface area contributed by atoms with Crippen LogP contribution in [0.5, 0.6) is 0 Å². The summed E-state index contributed by atoms with van der Waals surface area (Å²) in [4.78, 5) is 0. The molecule has 0 fully saturated rings. The van der Waals surface area contributed by atoms with Crippen LogP contribution in [0.2, 0.25) is 0 Å². The smallest absolute Gasteiger partial charge is 0.199 e. The maximum Gasteiger partial charge on any atom is 0.199 e. The SMILES string of the molecule is Cc1[nH]nc(N=NCl)c1C. The van der Waals surface area contributed by atoms with Gasteiger partial charge in [-0.05, 0) is 13.8 Å². The fraction of sp³-hybridized carbons (Fsp3) is 0.400. The maximum absolute atomic E-state index is 5.02. The molecule has 0 saturated heterocycles. The summed E-state index contributed by atoms with van der Waals surface area (Å²) in [5, 5.41) is 10.2. The van der Waals surface area contributed by atoms with Gasteiger partial charge in [-0.15, -0.1) is 5.11 Å². The molecular weight excluding hydrogens is 152 g/mol. The minimum absolute atomic E-state index is 0.549. The van der Waals surface area contributed by atoms with Gasteiger partial charge in [-0.2, -0.15) is 5.10 Å². The van der Waals surface area contributed by atoms with E-state index >= 15 is 0 Å². The van der Waals surface area contributed by atoms with Gasteiger partial charge in [0.05, 0.1) is 11.8 Å². The number of aromatic amines is 1. The highest BCUT2D eigenvalue weighted by Crippen LogP contribution is 2.17. The Morgan fingerprint density at radius 1 is 1.50 bits per heavy atom. The number of hydrogen-bond acceptors (Lipinski definition) is 3. The fourth-order valence-electron chi connectivity index (χ4n) is 0.605.